The monoisotopic (exact) mass is 338 g/mol. The van der Waals surface area contributed by atoms with Gasteiger partial charge in [-0.05, 0) is 31.6 Å². The number of methoxy groups -OCH3 is 1. The minimum absolute atomic E-state index is 0.0685. The summed E-state index contributed by atoms with van der Waals surface area (Å²) in [7, 11) is 1.47. The Kier molecular flexibility index (Phi) is 17.9. The van der Waals surface area contributed by atoms with Gasteiger partial charge in [0.25, 0.3) is 0 Å². The topological polar surface area (TPSA) is 26.3 Å². The van der Waals surface area contributed by atoms with Crippen LogP contribution >= 0.6 is 0 Å². The number of hydrogen-bond donors (Lipinski definition) is 0. The number of ether oxygens (including phenoxy) is 1. The van der Waals surface area contributed by atoms with Crippen LogP contribution in [0.4, 0.5) is 0 Å². The third-order valence-corrected chi connectivity index (χ3v) is 4.88. The van der Waals surface area contributed by atoms with Crippen LogP contribution in [0, 0.1) is 5.92 Å². The Labute approximate surface area is 151 Å². The Balaban J connectivity index is 3.11. The lowest BCUT2D eigenvalue weighted by molar-refractivity contribution is -0.140. The number of hydrogen-bond acceptors (Lipinski definition) is 2. The van der Waals surface area contributed by atoms with Gasteiger partial charge in [0.1, 0.15) is 0 Å². The van der Waals surface area contributed by atoms with E-state index in [-0.39, 0.29) is 5.97 Å². The van der Waals surface area contributed by atoms with Crippen molar-refractivity contribution in [1.29, 1.82) is 0 Å². The zero-order valence-corrected chi connectivity index (χ0v) is 16.7. The van der Waals surface area contributed by atoms with Crippen molar-refractivity contribution in [3.63, 3.8) is 0 Å². The van der Waals surface area contributed by atoms with Gasteiger partial charge in [-0.3, -0.25) is 4.79 Å². The molecule has 0 spiro atoms. The van der Waals surface area contributed by atoms with Crippen LogP contribution in [0.25, 0.3) is 0 Å². The second-order valence-corrected chi connectivity index (χ2v) is 7.22. The van der Waals surface area contributed by atoms with Gasteiger partial charge < -0.3 is 4.74 Å². The van der Waals surface area contributed by atoms with Crippen molar-refractivity contribution in [3.05, 3.63) is 12.2 Å². The van der Waals surface area contributed by atoms with E-state index in [9.17, 15) is 4.79 Å². The van der Waals surface area contributed by atoms with Crippen molar-refractivity contribution in [3.8, 4) is 0 Å². The fraction of sp³-hybridized carbons (Fsp3) is 0.864. The van der Waals surface area contributed by atoms with E-state index in [0.717, 1.165) is 12.3 Å². The van der Waals surface area contributed by atoms with Gasteiger partial charge in [-0.15, -0.1) is 0 Å². The summed E-state index contributed by atoms with van der Waals surface area (Å²) in [5.74, 6) is 0.773. The van der Waals surface area contributed by atoms with Crippen molar-refractivity contribution in [2.45, 2.75) is 110 Å². The maximum atomic E-state index is 11.0. The van der Waals surface area contributed by atoms with Crippen LogP contribution in [-0.2, 0) is 9.53 Å². The number of carbonyl (C=O) groups is 1. The van der Waals surface area contributed by atoms with Gasteiger partial charge in [0.2, 0.25) is 0 Å². The van der Waals surface area contributed by atoms with Gasteiger partial charge in [0.05, 0.1) is 7.11 Å². The fourth-order valence-corrected chi connectivity index (χ4v) is 2.84. The first kappa shape index (κ1) is 23.2. The highest BCUT2D eigenvalue weighted by atomic mass is 16.5. The molecule has 0 aromatic rings. The first-order valence-corrected chi connectivity index (χ1v) is 10.4. The molecular weight excluding hydrogens is 296 g/mol. The highest BCUT2D eigenvalue weighted by molar-refractivity contribution is 5.68. The van der Waals surface area contributed by atoms with Crippen molar-refractivity contribution in [2.24, 2.45) is 5.92 Å². The molecule has 0 aliphatic carbocycles. The third kappa shape index (κ3) is 17.6. The fourth-order valence-electron chi connectivity index (χ4n) is 2.84. The second kappa shape index (κ2) is 18.5. The normalized spacial score (nSPS) is 12.6. The molecule has 0 heterocycles. The molecular formula is C22H42O2. The lowest BCUT2D eigenvalue weighted by Crippen LogP contribution is -1.99. The van der Waals surface area contributed by atoms with E-state index < -0.39 is 0 Å². The molecule has 0 N–H and O–H groups in total. The molecule has 0 fully saturated rings. The van der Waals surface area contributed by atoms with E-state index >= 15 is 0 Å². The van der Waals surface area contributed by atoms with Gasteiger partial charge in [0.15, 0.2) is 0 Å². The predicted molar refractivity (Wildman–Crippen MR) is 105 cm³/mol. The average molecular weight is 339 g/mol. The van der Waals surface area contributed by atoms with Gasteiger partial charge in [-0.1, -0.05) is 90.2 Å². The zero-order valence-electron chi connectivity index (χ0n) is 16.7. The van der Waals surface area contributed by atoms with E-state index in [1.54, 1.807) is 0 Å². The largest absolute Gasteiger partial charge is 0.469 e. The van der Waals surface area contributed by atoms with Crippen LogP contribution in [0.1, 0.15) is 110 Å². The molecule has 0 aromatic heterocycles. The average Bonchev–Trinajstić information content (AvgIpc) is 2.60. The Bertz CT molecular complexity index is 296. The molecule has 0 aliphatic heterocycles. The summed E-state index contributed by atoms with van der Waals surface area (Å²) < 4.78 is 4.64. The molecule has 0 radical (unpaired) electrons. The first-order chi connectivity index (χ1) is 11.7. The highest BCUT2D eigenvalue weighted by Crippen LogP contribution is 2.13. The van der Waals surface area contributed by atoms with E-state index in [2.05, 4.69) is 30.7 Å². The molecule has 24 heavy (non-hydrogen) atoms. The minimum Gasteiger partial charge on any atom is -0.469 e. The number of unbranched alkanes of at least 4 members (excludes halogenated alkanes) is 11. The summed E-state index contributed by atoms with van der Waals surface area (Å²) >= 11 is 0. The lowest BCUT2D eigenvalue weighted by Gasteiger charge is -2.03. The summed E-state index contributed by atoms with van der Waals surface area (Å²) in [5, 5.41) is 0. The molecule has 0 rings (SSSR count). The molecule has 0 saturated heterocycles. The molecule has 0 aliphatic rings. The van der Waals surface area contributed by atoms with Gasteiger partial charge in [0, 0.05) is 6.42 Å². The maximum absolute atomic E-state index is 11.0. The molecule has 2 nitrogen and oxygen atoms in total. The van der Waals surface area contributed by atoms with Crippen LogP contribution < -0.4 is 0 Å². The van der Waals surface area contributed by atoms with Crippen LogP contribution in [0.15, 0.2) is 12.2 Å². The van der Waals surface area contributed by atoms with Gasteiger partial charge in [-0.25, -0.2) is 0 Å². The quantitative estimate of drug-likeness (QED) is 0.159. The molecule has 0 amide bonds. The highest BCUT2D eigenvalue weighted by Gasteiger charge is 1.99. The molecule has 142 valence electrons. The summed E-state index contributed by atoms with van der Waals surface area (Å²) in [6, 6.07) is 0. The van der Waals surface area contributed by atoms with Crippen molar-refractivity contribution in [1.82, 2.24) is 0 Å². The van der Waals surface area contributed by atoms with E-state index in [4.69, 9.17) is 0 Å². The maximum Gasteiger partial charge on any atom is 0.305 e. The Hall–Kier alpha value is -0.790. The molecule has 2 heteroatoms. The van der Waals surface area contributed by atoms with Gasteiger partial charge in [-0.2, -0.15) is 0 Å². The van der Waals surface area contributed by atoms with E-state index in [1.165, 1.54) is 90.6 Å². The Morgan fingerprint density at radius 1 is 0.833 bits per heavy atom. The zero-order chi connectivity index (χ0) is 17.9. The third-order valence-electron chi connectivity index (χ3n) is 4.88. The van der Waals surface area contributed by atoms with Crippen molar-refractivity contribution >= 4 is 5.97 Å². The standard InChI is InChI=1S/C22H42O2/c1-4-21(2)19-17-15-13-11-9-7-5-6-8-10-12-14-16-18-20-22(23)24-3/h15,17,21H,4-14,16,18-20H2,1-3H3/b17-15-/t21-/m1/s1. The molecule has 0 bridgehead atoms. The molecule has 1 atom stereocenters. The van der Waals surface area contributed by atoms with E-state index in [0.29, 0.717) is 6.42 Å². The number of esters is 1. The van der Waals surface area contributed by atoms with E-state index in [1.807, 2.05) is 0 Å². The van der Waals surface area contributed by atoms with Crippen LogP contribution in [0.3, 0.4) is 0 Å². The summed E-state index contributed by atoms with van der Waals surface area (Å²) in [6.45, 7) is 4.59. The van der Waals surface area contributed by atoms with Crippen LogP contribution in [-0.4, -0.2) is 13.1 Å². The Morgan fingerprint density at radius 3 is 1.83 bits per heavy atom. The SMILES string of the molecule is CC[C@@H](C)C/C=C\CCCCCCCCCCCCCC(=O)OC. The summed E-state index contributed by atoms with van der Waals surface area (Å²) in [4.78, 5) is 11.0. The van der Waals surface area contributed by atoms with Crippen molar-refractivity contribution in [2.75, 3.05) is 7.11 Å². The Morgan fingerprint density at radius 2 is 1.33 bits per heavy atom. The van der Waals surface area contributed by atoms with Crippen LogP contribution in [0.2, 0.25) is 0 Å². The number of allylic oxidation sites excluding steroid dienone is 2. The molecule has 0 aromatic carbocycles. The predicted octanol–water partition coefficient (Wildman–Crippen LogP) is 7.22. The van der Waals surface area contributed by atoms with Crippen molar-refractivity contribution < 1.29 is 9.53 Å². The minimum atomic E-state index is -0.0685. The molecule has 0 unspecified atom stereocenters. The smallest absolute Gasteiger partial charge is 0.305 e. The number of rotatable bonds is 17. The first-order valence-electron chi connectivity index (χ1n) is 10.4. The number of carbonyl (C=O) groups excluding carboxylic acids is 1. The second-order valence-electron chi connectivity index (χ2n) is 7.22. The lowest BCUT2D eigenvalue weighted by atomic mass is 10.0. The van der Waals surface area contributed by atoms with Crippen LogP contribution in [0.5, 0.6) is 0 Å². The van der Waals surface area contributed by atoms with Gasteiger partial charge >= 0.3 is 5.97 Å². The molecule has 0 saturated carbocycles. The summed E-state index contributed by atoms with van der Waals surface area (Å²) in [6.07, 6.45) is 23.6. The summed E-state index contributed by atoms with van der Waals surface area (Å²) in [5.41, 5.74) is 0.